The van der Waals surface area contributed by atoms with Crippen molar-refractivity contribution >= 4 is 67.1 Å². The molecule has 0 aliphatic carbocycles. The van der Waals surface area contributed by atoms with Crippen LogP contribution in [-0.2, 0) is 0 Å². The molecule has 2 aromatic heterocycles. The number of aryl methyl sites for hydroxylation is 1. The van der Waals surface area contributed by atoms with Gasteiger partial charge in [0.15, 0.2) is 5.13 Å². The van der Waals surface area contributed by atoms with Crippen molar-refractivity contribution in [2.24, 2.45) is 0 Å². The van der Waals surface area contributed by atoms with Gasteiger partial charge in [0.2, 0.25) is 0 Å². The van der Waals surface area contributed by atoms with Gasteiger partial charge in [0.25, 0.3) is 5.91 Å². The van der Waals surface area contributed by atoms with Crippen molar-refractivity contribution in [3.05, 3.63) is 44.1 Å². The molecule has 3 rings (SSSR count). The van der Waals surface area contributed by atoms with Crippen LogP contribution in [-0.4, -0.2) is 10.9 Å². The fourth-order valence-corrected chi connectivity index (χ4v) is 3.90. The molecule has 20 heavy (non-hydrogen) atoms. The molecular weight excluding hydrogens is 335 g/mol. The van der Waals surface area contributed by atoms with Crippen molar-refractivity contribution in [3.63, 3.8) is 0 Å². The van der Waals surface area contributed by atoms with Crippen molar-refractivity contribution in [1.29, 1.82) is 0 Å². The number of nitrogens with one attached hydrogen (secondary N) is 1. The molecule has 2 heterocycles. The SMILES string of the molecule is Cc1ccc(Cl)c2sc(NC(=O)c3ccc(Cl)s3)nc12. The van der Waals surface area contributed by atoms with Gasteiger partial charge in [0.05, 0.1) is 24.5 Å². The topological polar surface area (TPSA) is 42.0 Å². The molecule has 3 aromatic rings. The molecule has 0 saturated carbocycles. The molecule has 0 bridgehead atoms. The molecule has 0 atom stereocenters. The molecule has 1 aromatic carbocycles. The molecule has 7 heteroatoms. The Hall–Kier alpha value is -1.14. The fourth-order valence-electron chi connectivity index (χ4n) is 1.75. The van der Waals surface area contributed by atoms with Crippen LogP contribution in [0.2, 0.25) is 9.36 Å². The van der Waals surface area contributed by atoms with E-state index in [2.05, 4.69) is 10.3 Å². The Balaban J connectivity index is 1.93. The zero-order chi connectivity index (χ0) is 14.3. The van der Waals surface area contributed by atoms with E-state index < -0.39 is 0 Å². The van der Waals surface area contributed by atoms with Crippen molar-refractivity contribution < 1.29 is 4.79 Å². The predicted molar refractivity (Wildman–Crippen MR) is 86.6 cm³/mol. The monoisotopic (exact) mass is 342 g/mol. The molecule has 1 N–H and O–H groups in total. The number of thiophene rings is 1. The molecule has 0 spiro atoms. The summed E-state index contributed by atoms with van der Waals surface area (Å²) >= 11 is 14.6. The summed E-state index contributed by atoms with van der Waals surface area (Å²) in [6.07, 6.45) is 0. The van der Waals surface area contributed by atoms with Crippen molar-refractivity contribution in [3.8, 4) is 0 Å². The van der Waals surface area contributed by atoms with Crippen molar-refractivity contribution in [1.82, 2.24) is 4.98 Å². The summed E-state index contributed by atoms with van der Waals surface area (Å²) in [6, 6.07) is 7.13. The van der Waals surface area contributed by atoms with E-state index in [9.17, 15) is 4.79 Å². The number of hydrogen-bond donors (Lipinski definition) is 1. The lowest BCUT2D eigenvalue weighted by atomic mass is 10.2. The van der Waals surface area contributed by atoms with Gasteiger partial charge in [-0.2, -0.15) is 0 Å². The summed E-state index contributed by atoms with van der Waals surface area (Å²) in [4.78, 5) is 17.0. The average Bonchev–Trinajstić information content (AvgIpc) is 3.01. The smallest absolute Gasteiger partial charge is 0.267 e. The van der Waals surface area contributed by atoms with Gasteiger partial charge in [-0.3, -0.25) is 10.1 Å². The third-order valence-corrected chi connectivity index (χ3v) is 5.38. The molecular formula is C13H8Cl2N2OS2. The van der Waals surface area contributed by atoms with Crippen LogP contribution >= 0.6 is 45.9 Å². The van der Waals surface area contributed by atoms with E-state index in [0.29, 0.717) is 19.4 Å². The van der Waals surface area contributed by atoms with Gasteiger partial charge in [0.1, 0.15) is 0 Å². The molecule has 0 fully saturated rings. The number of benzene rings is 1. The van der Waals surface area contributed by atoms with Crippen LogP contribution in [0, 0.1) is 6.92 Å². The Morgan fingerprint density at radius 1 is 1.20 bits per heavy atom. The number of anilines is 1. The Morgan fingerprint density at radius 2 is 2.00 bits per heavy atom. The Bertz CT molecular complexity index is 771. The molecule has 102 valence electrons. The Morgan fingerprint density at radius 3 is 2.65 bits per heavy atom. The Labute approximate surface area is 133 Å². The van der Waals surface area contributed by atoms with Gasteiger partial charge in [-0.25, -0.2) is 4.98 Å². The first-order valence-electron chi connectivity index (χ1n) is 5.67. The minimum absolute atomic E-state index is 0.213. The Kier molecular flexibility index (Phi) is 3.69. The molecule has 0 aliphatic heterocycles. The van der Waals surface area contributed by atoms with Gasteiger partial charge in [-0.1, -0.05) is 40.6 Å². The second-order valence-electron chi connectivity index (χ2n) is 4.12. The number of hydrogen-bond acceptors (Lipinski definition) is 4. The molecule has 0 aliphatic rings. The quantitative estimate of drug-likeness (QED) is 0.693. The van der Waals surface area contributed by atoms with Crippen LogP contribution in [0.1, 0.15) is 15.2 Å². The summed E-state index contributed by atoms with van der Waals surface area (Å²) < 4.78 is 1.46. The third-order valence-electron chi connectivity index (χ3n) is 2.71. The molecule has 0 unspecified atom stereocenters. The van der Waals surface area contributed by atoms with Crippen LogP contribution < -0.4 is 5.32 Å². The van der Waals surface area contributed by atoms with E-state index in [-0.39, 0.29) is 5.91 Å². The highest BCUT2D eigenvalue weighted by Gasteiger charge is 2.14. The zero-order valence-electron chi connectivity index (χ0n) is 10.2. The van der Waals surface area contributed by atoms with E-state index in [4.69, 9.17) is 23.2 Å². The minimum atomic E-state index is -0.213. The largest absolute Gasteiger partial charge is 0.297 e. The number of thiazole rings is 1. The summed E-state index contributed by atoms with van der Waals surface area (Å²) in [5, 5.41) is 3.95. The number of aromatic nitrogens is 1. The zero-order valence-corrected chi connectivity index (χ0v) is 13.4. The van der Waals surface area contributed by atoms with Gasteiger partial charge >= 0.3 is 0 Å². The van der Waals surface area contributed by atoms with Gasteiger partial charge in [0, 0.05) is 0 Å². The number of fused-ring (bicyclic) bond motifs is 1. The van der Waals surface area contributed by atoms with Crippen molar-refractivity contribution in [2.75, 3.05) is 5.32 Å². The van der Waals surface area contributed by atoms with Crippen LogP contribution in [0.15, 0.2) is 24.3 Å². The predicted octanol–water partition coefficient (Wildman–Crippen LogP) is 5.23. The van der Waals surface area contributed by atoms with E-state index >= 15 is 0 Å². The number of carbonyl (C=O) groups excluding carboxylic acids is 1. The van der Waals surface area contributed by atoms with Crippen LogP contribution in [0.25, 0.3) is 10.2 Å². The molecule has 0 saturated heterocycles. The fraction of sp³-hybridized carbons (Fsp3) is 0.0769. The molecule has 1 amide bonds. The summed E-state index contributed by atoms with van der Waals surface area (Å²) in [7, 11) is 0. The minimum Gasteiger partial charge on any atom is -0.297 e. The summed E-state index contributed by atoms with van der Waals surface area (Å²) in [5.74, 6) is -0.213. The normalized spacial score (nSPS) is 10.9. The first-order chi connectivity index (χ1) is 9.54. The maximum absolute atomic E-state index is 12.0. The van der Waals surface area contributed by atoms with Crippen molar-refractivity contribution in [2.45, 2.75) is 6.92 Å². The van der Waals surface area contributed by atoms with E-state index in [1.54, 1.807) is 12.1 Å². The van der Waals surface area contributed by atoms with E-state index in [0.717, 1.165) is 15.8 Å². The summed E-state index contributed by atoms with van der Waals surface area (Å²) in [5.41, 5.74) is 1.85. The maximum atomic E-state index is 12.0. The van der Waals surface area contributed by atoms with Crippen LogP contribution in [0.3, 0.4) is 0 Å². The first kappa shape index (κ1) is 13.8. The number of halogens is 2. The standard InChI is InChI=1S/C13H8Cl2N2OS2/c1-6-2-3-7(14)11-10(6)16-13(20-11)17-12(18)8-4-5-9(15)19-8/h2-5H,1H3,(H,16,17,18). The van der Waals surface area contributed by atoms with Crippen LogP contribution in [0.5, 0.6) is 0 Å². The highest BCUT2D eigenvalue weighted by Crippen LogP contribution is 2.34. The average molecular weight is 343 g/mol. The molecule has 0 radical (unpaired) electrons. The number of amides is 1. The highest BCUT2D eigenvalue weighted by atomic mass is 35.5. The first-order valence-corrected chi connectivity index (χ1v) is 8.06. The maximum Gasteiger partial charge on any atom is 0.267 e. The van der Waals surface area contributed by atoms with Gasteiger partial charge < -0.3 is 0 Å². The lowest BCUT2D eigenvalue weighted by Crippen LogP contribution is -2.09. The lowest BCUT2D eigenvalue weighted by Gasteiger charge is -1.97. The highest BCUT2D eigenvalue weighted by molar-refractivity contribution is 7.23. The lowest BCUT2D eigenvalue weighted by molar-refractivity contribution is 0.103. The number of rotatable bonds is 2. The summed E-state index contributed by atoms with van der Waals surface area (Å²) in [6.45, 7) is 1.96. The molecule has 3 nitrogen and oxygen atoms in total. The van der Waals surface area contributed by atoms with E-state index in [1.807, 2.05) is 19.1 Å². The second-order valence-corrected chi connectivity index (χ2v) is 7.24. The second kappa shape index (κ2) is 5.33. The van der Waals surface area contributed by atoms with Gasteiger partial charge in [-0.05, 0) is 30.7 Å². The van der Waals surface area contributed by atoms with Crippen LogP contribution in [0.4, 0.5) is 5.13 Å². The van der Waals surface area contributed by atoms with E-state index in [1.165, 1.54) is 22.7 Å². The number of carbonyl (C=O) groups is 1. The number of nitrogens with zero attached hydrogens (tertiary/aromatic N) is 1. The third kappa shape index (κ3) is 2.54. The van der Waals surface area contributed by atoms with Gasteiger partial charge in [-0.15, -0.1) is 11.3 Å².